The number of aliphatic hydroxyl groups excluding tert-OH is 1. The van der Waals surface area contributed by atoms with Crippen LogP contribution in [0, 0.1) is 12.8 Å². The minimum absolute atomic E-state index is 0.132. The minimum Gasteiger partial charge on any atom is -0.396 e. The van der Waals surface area contributed by atoms with Crippen LogP contribution in [0.5, 0.6) is 0 Å². The molecule has 0 aliphatic rings. The average Bonchev–Trinajstić information content (AvgIpc) is 2.53. The predicted molar refractivity (Wildman–Crippen MR) is 89.0 cm³/mol. The van der Waals surface area contributed by atoms with E-state index in [0.29, 0.717) is 6.42 Å². The van der Waals surface area contributed by atoms with Crippen LogP contribution < -0.4 is 0 Å². The van der Waals surface area contributed by atoms with Crippen LogP contribution in [-0.2, 0) is 21.1 Å². The normalized spacial score (nSPS) is 12.8. The molecule has 0 radical (unpaired) electrons. The van der Waals surface area contributed by atoms with E-state index in [0.717, 1.165) is 11.1 Å². The van der Waals surface area contributed by atoms with E-state index >= 15 is 0 Å². The van der Waals surface area contributed by atoms with Gasteiger partial charge in [-0.3, -0.25) is 4.79 Å². The highest BCUT2D eigenvalue weighted by atomic mass is 32.2. The van der Waals surface area contributed by atoms with Gasteiger partial charge in [-0.15, -0.1) is 0 Å². The van der Waals surface area contributed by atoms with Crippen molar-refractivity contribution in [2.24, 2.45) is 5.92 Å². The van der Waals surface area contributed by atoms with Gasteiger partial charge in [0.1, 0.15) is 5.75 Å². The first-order valence-electron chi connectivity index (χ1n) is 7.39. The minimum atomic E-state index is -3.68. The lowest BCUT2D eigenvalue weighted by molar-refractivity contribution is -0.121. The summed E-state index contributed by atoms with van der Waals surface area (Å²) in [6.07, 6.45) is 0.333. The van der Waals surface area contributed by atoms with Gasteiger partial charge < -0.3 is 5.11 Å². The van der Waals surface area contributed by atoms with Gasteiger partial charge >= 0.3 is 0 Å². The topological polar surface area (TPSA) is 71.4 Å². The maximum absolute atomic E-state index is 12.3. The van der Waals surface area contributed by atoms with Gasteiger partial charge in [0.2, 0.25) is 0 Å². The number of sulfone groups is 1. The third-order valence-corrected chi connectivity index (χ3v) is 5.37. The van der Waals surface area contributed by atoms with Crippen molar-refractivity contribution in [1.82, 2.24) is 0 Å². The predicted octanol–water partition coefficient (Wildman–Crippen LogP) is 2.19. The number of carbonyl (C=O) groups excluding carboxylic acids is 1. The van der Waals surface area contributed by atoms with Crippen LogP contribution in [0.2, 0.25) is 0 Å². The van der Waals surface area contributed by atoms with E-state index in [1.807, 2.05) is 37.3 Å². The molecule has 5 heteroatoms. The highest BCUT2D eigenvalue weighted by molar-refractivity contribution is 7.92. The number of ketones is 1. The molecule has 2 aromatic rings. The summed E-state index contributed by atoms with van der Waals surface area (Å²) in [6.45, 7) is 1.50. The molecule has 0 spiro atoms. The van der Waals surface area contributed by atoms with Gasteiger partial charge in [-0.2, -0.15) is 0 Å². The molecule has 0 heterocycles. The Labute approximate surface area is 136 Å². The van der Waals surface area contributed by atoms with Gasteiger partial charge in [0, 0.05) is 5.92 Å². The summed E-state index contributed by atoms with van der Waals surface area (Å²) >= 11 is 0. The molecule has 0 fully saturated rings. The molecule has 0 saturated heterocycles. The van der Waals surface area contributed by atoms with Gasteiger partial charge in [-0.1, -0.05) is 48.0 Å². The molecule has 4 nitrogen and oxygen atoms in total. The summed E-state index contributed by atoms with van der Waals surface area (Å²) in [4.78, 5) is 12.4. The van der Waals surface area contributed by atoms with E-state index in [1.165, 1.54) is 12.1 Å². The molecular weight excluding hydrogens is 312 g/mol. The van der Waals surface area contributed by atoms with Crippen molar-refractivity contribution in [3.63, 3.8) is 0 Å². The maximum Gasteiger partial charge on any atom is 0.185 e. The molecule has 0 aliphatic heterocycles. The molecule has 0 bridgehead atoms. The number of hydrogen-bond acceptors (Lipinski definition) is 4. The Morgan fingerprint density at radius 3 is 2.22 bits per heavy atom. The molecule has 2 aromatic carbocycles. The summed E-state index contributed by atoms with van der Waals surface area (Å²) in [5, 5.41) is 9.45. The zero-order chi connectivity index (χ0) is 16.9. The Morgan fingerprint density at radius 1 is 1.04 bits per heavy atom. The van der Waals surface area contributed by atoms with Crippen molar-refractivity contribution >= 4 is 15.6 Å². The lowest BCUT2D eigenvalue weighted by Crippen LogP contribution is -2.28. The SMILES string of the molecule is Cc1ccc(S(=O)(=O)CC(=O)C(CO)Cc2ccccc2)cc1. The first-order chi connectivity index (χ1) is 10.9. The molecule has 0 saturated carbocycles. The van der Waals surface area contributed by atoms with E-state index in [-0.39, 0.29) is 11.5 Å². The van der Waals surface area contributed by atoms with Crippen LogP contribution in [0.4, 0.5) is 0 Å². The van der Waals surface area contributed by atoms with Crippen LogP contribution in [-0.4, -0.2) is 31.7 Å². The number of Topliss-reactive ketones (excluding diaryl/α,β-unsaturated/α-hetero) is 1. The fourth-order valence-corrected chi connectivity index (χ4v) is 3.64. The number of rotatable bonds is 7. The van der Waals surface area contributed by atoms with Crippen LogP contribution in [0.1, 0.15) is 11.1 Å². The van der Waals surface area contributed by atoms with Gasteiger partial charge in [-0.05, 0) is 31.0 Å². The molecule has 122 valence electrons. The molecule has 0 aliphatic carbocycles. The standard InChI is InChI=1S/C18H20O4S/c1-14-7-9-17(10-8-14)23(21,22)13-18(20)16(12-19)11-15-5-3-2-4-6-15/h2-10,16,19H,11-13H2,1H3. The average molecular weight is 332 g/mol. The molecule has 0 aromatic heterocycles. The summed E-state index contributed by atoms with van der Waals surface area (Å²) < 4.78 is 24.6. The van der Waals surface area contributed by atoms with E-state index in [2.05, 4.69) is 0 Å². The van der Waals surface area contributed by atoms with Crippen LogP contribution in [0.3, 0.4) is 0 Å². The summed E-state index contributed by atoms with van der Waals surface area (Å²) in [5.41, 5.74) is 1.85. The zero-order valence-electron chi connectivity index (χ0n) is 13.0. The Morgan fingerprint density at radius 2 is 1.65 bits per heavy atom. The molecule has 1 atom stereocenters. The van der Waals surface area contributed by atoms with E-state index in [9.17, 15) is 18.3 Å². The second kappa shape index (κ2) is 7.53. The largest absolute Gasteiger partial charge is 0.396 e. The summed E-state index contributed by atoms with van der Waals surface area (Å²) in [7, 11) is -3.68. The van der Waals surface area contributed by atoms with Crippen molar-refractivity contribution < 1.29 is 18.3 Å². The summed E-state index contributed by atoms with van der Waals surface area (Å²) in [5.74, 6) is -1.76. The van der Waals surface area contributed by atoms with Crippen LogP contribution in [0.15, 0.2) is 59.5 Å². The lowest BCUT2D eigenvalue weighted by atomic mass is 9.97. The van der Waals surface area contributed by atoms with Crippen LogP contribution >= 0.6 is 0 Å². The van der Waals surface area contributed by atoms with Gasteiger partial charge in [0.15, 0.2) is 15.6 Å². The number of aliphatic hydroxyl groups is 1. The van der Waals surface area contributed by atoms with E-state index in [1.54, 1.807) is 12.1 Å². The Hall–Kier alpha value is -1.98. The van der Waals surface area contributed by atoms with E-state index < -0.39 is 27.3 Å². The first kappa shape index (κ1) is 17.4. The second-order valence-electron chi connectivity index (χ2n) is 5.61. The van der Waals surface area contributed by atoms with Crippen molar-refractivity contribution in [2.75, 3.05) is 12.4 Å². The maximum atomic E-state index is 12.3. The fourth-order valence-electron chi connectivity index (χ4n) is 2.31. The highest BCUT2D eigenvalue weighted by Crippen LogP contribution is 2.16. The van der Waals surface area contributed by atoms with Gasteiger partial charge in [-0.25, -0.2) is 8.42 Å². The zero-order valence-corrected chi connectivity index (χ0v) is 13.8. The van der Waals surface area contributed by atoms with Gasteiger partial charge in [0.25, 0.3) is 0 Å². The smallest absolute Gasteiger partial charge is 0.185 e. The number of hydrogen-bond donors (Lipinski definition) is 1. The van der Waals surface area contributed by atoms with E-state index in [4.69, 9.17) is 0 Å². The van der Waals surface area contributed by atoms with Crippen molar-refractivity contribution in [2.45, 2.75) is 18.2 Å². The van der Waals surface area contributed by atoms with Crippen LogP contribution in [0.25, 0.3) is 0 Å². The monoisotopic (exact) mass is 332 g/mol. The molecule has 0 amide bonds. The lowest BCUT2D eigenvalue weighted by Gasteiger charge is -2.13. The molecule has 1 N–H and O–H groups in total. The number of benzene rings is 2. The number of aryl methyl sites for hydroxylation is 1. The second-order valence-corrected chi connectivity index (χ2v) is 7.60. The van der Waals surface area contributed by atoms with Gasteiger partial charge in [0.05, 0.1) is 11.5 Å². The number of carbonyl (C=O) groups is 1. The van der Waals surface area contributed by atoms with Crippen molar-refractivity contribution in [1.29, 1.82) is 0 Å². The molecule has 2 rings (SSSR count). The fraction of sp³-hybridized carbons (Fsp3) is 0.278. The first-order valence-corrected chi connectivity index (χ1v) is 9.04. The van der Waals surface area contributed by atoms with Crippen molar-refractivity contribution in [3.8, 4) is 0 Å². The third-order valence-electron chi connectivity index (χ3n) is 3.71. The third kappa shape index (κ3) is 4.74. The highest BCUT2D eigenvalue weighted by Gasteiger charge is 2.25. The molecule has 1 unspecified atom stereocenters. The summed E-state index contributed by atoms with van der Waals surface area (Å²) in [6, 6.07) is 15.7. The molecule has 23 heavy (non-hydrogen) atoms. The van der Waals surface area contributed by atoms with Crippen molar-refractivity contribution in [3.05, 3.63) is 65.7 Å². The Kier molecular flexibility index (Phi) is 5.69. The molecular formula is C18H20O4S. The Bertz CT molecular complexity index is 749. The Balaban J connectivity index is 2.10. The quantitative estimate of drug-likeness (QED) is 0.844.